The highest BCUT2D eigenvalue weighted by atomic mass is 16.1. The summed E-state index contributed by atoms with van der Waals surface area (Å²) >= 11 is 0. The molecule has 0 fully saturated rings. The van der Waals surface area contributed by atoms with Gasteiger partial charge in [0.2, 0.25) is 5.91 Å². The summed E-state index contributed by atoms with van der Waals surface area (Å²) in [6.07, 6.45) is 7.28. The van der Waals surface area contributed by atoms with Gasteiger partial charge in [0.1, 0.15) is 0 Å². The van der Waals surface area contributed by atoms with Crippen molar-refractivity contribution >= 4 is 68.7 Å². The van der Waals surface area contributed by atoms with Crippen molar-refractivity contribution in [3.63, 3.8) is 0 Å². The van der Waals surface area contributed by atoms with Crippen LogP contribution in [0.25, 0.3) is 43.6 Å². The van der Waals surface area contributed by atoms with Crippen LogP contribution in [0, 0.1) is 41.5 Å². The normalized spacial score (nSPS) is 10.5. The second-order valence-electron chi connectivity index (χ2n) is 15.7. The second-order valence-corrected chi connectivity index (χ2v) is 15.7. The molecule has 9 heteroatoms. The lowest BCUT2D eigenvalue weighted by Crippen LogP contribution is -2.03. The van der Waals surface area contributed by atoms with Gasteiger partial charge < -0.3 is 20.6 Å². The third-order valence-electron chi connectivity index (χ3n) is 11.3. The molecule has 0 spiro atoms. The zero-order chi connectivity index (χ0) is 45.4. The van der Waals surface area contributed by atoms with E-state index in [1.165, 1.54) is 84.9 Å². The van der Waals surface area contributed by atoms with E-state index < -0.39 is 0 Å². The van der Waals surface area contributed by atoms with Crippen molar-refractivity contribution in [3.05, 3.63) is 203 Å². The van der Waals surface area contributed by atoms with E-state index in [-0.39, 0.29) is 50.5 Å². The van der Waals surface area contributed by atoms with Gasteiger partial charge in [0.05, 0.1) is 43.3 Å². The van der Waals surface area contributed by atoms with Gasteiger partial charge in [-0.3, -0.25) is 9.89 Å². The number of carbonyl (C=O) groups excluding carboxylic acids is 1. The number of imidazole rings is 1. The summed E-state index contributed by atoms with van der Waals surface area (Å²) in [4.78, 5) is 21.3. The molecule has 12 rings (SSSR count). The monoisotopic (exact) mass is 940 g/mol. The van der Waals surface area contributed by atoms with Crippen LogP contribution >= 0.6 is 0 Å². The molecule has 0 atom stereocenters. The molecule has 370 valence electrons. The first-order valence-corrected chi connectivity index (χ1v) is 21.7. The fraction of sp³-hybridized carbons (Fsp3) is 0.262. The van der Waals surface area contributed by atoms with E-state index in [1.54, 1.807) is 6.33 Å². The number of aromatic nitrogens is 5. The van der Waals surface area contributed by atoms with Gasteiger partial charge in [-0.25, -0.2) is 4.98 Å². The number of benzene rings is 7. The number of fused-ring (bicyclic) bond motifs is 6. The number of hydrogen-bond donors (Lipinski definition) is 5. The Balaban J connectivity index is 0.000000797. The molecule has 2 aliphatic rings. The predicted molar refractivity (Wildman–Crippen MR) is 312 cm³/mol. The molecule has 0 bridgehead atoms. The molecular weight excluding hydrogens is 858 g/mol. The van der Waals surface area contributed by atoms with Gasteiger partial charge in [0, 0.05) is 40.4 Å². The maximum atomic E-state index is 10.9. The number of H-pyrrole nitrogens is 3. The van der Waals surface area contributed by atoms with Crippen LogP contribution in [0.1, 0.15) is 89.1 Å². The number of para-hydroxylation sites is 1. The zero-order valence-electron chi connectivity index (χ0n) is 38.0. The van der Waals surface area contributed by atoms with Gasteiger partial charge in [-0.15, -0.1) is 0 Å². The first kappa shape index (κ1) is 62.6. The fourth-order valence-corrected chi connectivity index (χ4v) is 7.79. The highest BCUT2D eigenvalue weighted by Gasteiger charge is 2.18. The maximum Gasteiger partial charge on any atom is 0.228 e. The maximum absolute atomic E-state index is 10.9. The molecule has 2 aliphatic heterocycles. The quantitative estimate of drug-likeness (QED) is 0.0974. The number of rotatable bonds is 0. The predicted octanol–water partition coefficient (Wildman–Crippen LogP) is 16.8. The fourth-order valence-electron chi connectivity index (χ4n) is 7.79. The largest absolute Gasteiger partial charge is 0.384 e. The Labute approximate surface area is 422 Å². The molecule has 1 amide bonds. The molecule has 70 heavy (non-hydrogen) atoms. The van der Waals surface area contributed by atoms with Crippen molar-refractivity contribution in [2.24, 2.45) is 0 Å². The Morgan fingerprint density at radius 1 is 0.486 bits per heavy atom. The Morgan fingerprint density at radius 3 is 1.63 bits per heavy atom. The molecule has 5 heterocycles. The van der Waals surface area contributed by atoms with Crippen LogP contribution in [0.4, 0.5) is 11.4 Å². The topological polar surface area (TPSA) is 114 Å². The number of aryl methyl sites for hydroxylation is 6. The van der Waals surface area contributed by atoms with E-state index in [9.17, 15) is 4.79 Å². The average Bonchev–Trinajstić information content (AvgIpc) is 4.17. The smallest absolute Gasteiger partial charge is 0.228 e. The Kier molecular flexibility index (Phi) is 27.6. The summed E-state index contributed by atoms with van der Waals surface area (Å²) in [5.41, 5.74) is 17.3. The number of amides is 1. The van der Waals surface area contributed by atoms with Crippen LogP contribution in [0.3, 0.4) is 0 Å². The van der Waals surface area contributed by atoms with Crippen molar-refractivity contribution in [3.8, 4) is 0 Å². The lowest BCUT2D eigenvalue weighted by Gasteiger charge is -2.00. The summed E-state index contributed by atoms with van der Waals surface area (Å²) < 4.78 is 0. The third-order valence-corrected chi connectivity index (χ3v) is 11.3. The third kappa shape index (κ3) is 16.1. The molecular formula is C61H82BN7O. The highest BCUT2D eigenvalue weighted by Crippen LogP contribution is 2.26. The Bertz CT molecular complexity index is 2890. The SMILES string of the molecule is C.C.C.C.C.C.Cc1cccc2[nH]ccc12.Cc1cccc2[nH]cnc12.Cc1cccc2[nH]ncc12.Cc1cccc2c1CC(=O)N2.Cc1cccc2c1CCN2.Cc1cccc2ccccc12.[B]C. The number of anilines is 2. The van der Waals surface area contributed by atoms with Crippen LogP contribution in [-0.2, 0) is 17.6 Å². The standard InChI is InChI=1S/C11H10.C9H9NO.C9H11N.C9H9N.2C8H8N2.CH3B.6CH4/c1-9-5-4-7-10-6-2-3-8-11(9)10;1-6-3-2-4-8-7(6)5-9(11)10-8;2*1-7-3-2-4-9-8(7)5-6-10-9;1-6-3-2-4-8-7(6)5-9-10-8;1-6-3-2-4-7-8(6)10-5-9-7;1-2;;;;;;/h2-8H,1H3;2-4H,5H2,1H3,(H,10,11);2-4,10H,5-6H2,1H3;2-6,10H,1H3;2*2-5H,1H3,(H,9,10);1H3;6*1H4. The minimum Gasteiger partial charge on any atom is -0.384 e. The average molecular weight is 940 g/mol. The number of nitrogens with one attached hydrogen (secondary N) is 5. The molecule has 0 saturated carbocycles. The number of nitrogens with zero attached hydrogens (tertiary/aromatic N) is 2. The van der Waals surface area contributed by atoms with Gasteiger partial charge in [0.15, 0.2) is 0 Å². The van der Waals surface area contributed by atoms with Gasteiger partial charge in [0.25, 0.3) is 0 Å². The molecule has 5 N–H and O–H groups in total. The van der Waals surface area contributed by atoms with E-state index in [0.717, 1.165) is 34.3 Å². The molecule has 8 nitrogen and oxygen atoms in total. The van der Waals surface area contributed by atoms with Gasteiger partial charge in [-0.05, 0) is 140 Å². The Morgan fingerprint density at radius 2 is 1.01 bits per heavy atom. The van der Waals surface area contributed by atoms with E-state index in [0.29, 0.717) is 6.42 Å². The van der Waals surface area contributed by atoms with E-state index in [1.807, 2.05) is 61.8 Å². The number of carbonyl (C=O) groups is 1. The minimum atomic E-state index is 0. The summed E-state index contributed by atoms with van der Waals surface area (Å²) in [7, 11) is 4.50. The van der Waals surface area contributed by atoms with Gasteiger partial charge >= 0.3 is 0 Å². The van der Waals surface area contributed by atoms with E-state index >= 15 is 0 Å². The van der Waals surface area contributed by atoms with Crippen LogP contribution in [0.2, 0.25) is 6.82 Å². The summed E-state index contributed by atoms with van der Waals surface area (Å²) in [5, 5.41) is 18.2. The molecule has 0 unspecified atom stereocenters. The second kappa shape index (κ2) is 30.9. The summed E-state index contributed by atoms with van der Waals surface area (Å²) in [5.74, 6) is 0.106. The molecule has 2 radical (unpaired) electrons. The lowest BCUT2D eigenvalue weighted by molar-refractivity contribution is -0.115. The van der Waals surface area contributed by atoms with Crippen molar-refractivity contribution in [2.75, 3.05) is 17.2 Å². The number of hydrogen-bond acceptors (Lipinski definition) is 4. The van der Waals surface area contributed by atoms with Crippen LogP contribution < -0.4 is 10.6 Å². The summed E-state index contributed by atoms with van der Waals surface area (Å²) in [6.45, 7) is 15.2. The molecule has 7 aromatic carbocycles. The first-order chi connectivity index (χ1) is 31.2. The molecule has 0 aliphatic carbocycles. The van der Waals surface area contributed by atoms with Crippen molar-refractivity contribution < 1.29 is 4.79 Å². The van der Waals surface area contributed by atoms with Crippen LogP contribution in [-0.4, -0.2) is 45.4 Å². The van der Waals surface area contributed by atoms with Crippen molar-refractivity contribution in [1.82, 2.24) is 25.1 Å². The van der Waals surface area contributed by atoms with E-state index in [2.05, 4.69) is 175 Å². The first-order valence-electron chi connectivity index (χ1n) is 21.7. The number of aromatic amines is 3. The zero-order valence-corrected chi connectivity index (χ0v) is 38.0. The van der Waals surface area contributed by atoms with Crippen LogP contribution in [0.15, 0.2) is 158 Å². The lowest BCUT2D eigenvalue weighted by atomic mass is 10.1. The van der Waals surface area contributed by atoms with Crippen molar-refractivity contribution in [2.45, 2.75) is 106 Å². The molecule has 0 saturated heterocycles. The van der Waals surface area contributed by atoms with Gasteiger partial charge in [-0.2, -0.15) is 5.10 Å². The molecule has 10 aromatic rings. The highest BCUT2D eigenvalue weighted by molar-refractivity contribution is 6.05. The Hall–Kier alpha value is -7.39. The van der Waals surface area contributed by atoms with Crippen molar-refractivity contribution in [1.29, 1.82) is 0 Å². The minimum absolute atomic E-state index is 0. The summed E-state index contributed by atoms with van der Waals surface area (Å²) in [6, 6.07) is 47.8. The van der Waals surface area contributed by atoms with Gasteiger partial charge in [-0.1, -0.05) is 155 Å². The molecule has 3 aromatic heterocycles. The van der Waals surface area contributed by atoms with E-state index in [4.69, 9.17) is 0 Å². The van der Waals surface area contributed by atoms with Crippen LogP contribution in [0.5, 0.6) is 0 Å².